The van der Waals surface area contributed by atoms with Crippen LogP contribution in [0.4, 0.5) is 4.39 Å². The van der Waals surface area contributed by atoms with E-state index in [9.17, 15) is 9.18 Å². The van der Waals surface area contributed by atoms with Crippen LogP contribution in [0.1, 0.15) is 25.0 Å². The fourth-order valence-electron chi connectivity index (χ4n) is 2.85. The van der Waals surface area contributed by atoms with Gasteiger partial charge in [0.2, 0.25) is 5.91 Å². The van der Waals surface area contributed by atoms with E-state index >= 15 is 0 Å². The molecule has 0 aromatic heterocycles. The van der Waals surface area contributed by atoms with Crippen LogP contribution in [-0.4, -0.2) is 42.5 Å². The summed E-state index contributed by atoms with van der Waals surface area (Å²) in [5, 5.41) is 6.34. The molecular formula is C16H24FN3O. The first-order valence-corrected chi connectivity index (χ1v) is 7.44. The van der Waals surface area contributed by atoms with Crippen molar-refractivity contribution in [3.8, 4) is 0 Å². The minimum Gasteiger partial charge on any atom is -0.351 e. The van der Waals surface area contributed by atoms with Gasteiger partial charge in [0.1, 0.15) is 5.82 Å². The molecule has 0 bridgehead atoms. The molecule has 5 heteroatoms. The normalized spacial score (nSPS) is 23.0. The van der Waals surface area contributed by atoms with Crippen LogP contribution in [0.2, 0.25) is 0 Å². The first-order valence-electron chi connectivity index (χ1n) is 7.44. The lowest BCUT2D eigenvalue weighted by Crippen LogP contribution is -2.56. The summed E-state index contributed by atoms with van der Waals surface area (Å²) >= 11 is 0. The maximum Gasteiger partial charge on any atom is 0.234 e. The molecule has 0 aliphatic carbocycles. The third kappa shape index (κ3) is 4.79. The van der Waals surface area contributed by atoms with Gasteiger partial charge in [0.15, 0.2) is 0 Å². The number of carbonyl (C=O) groups is 1. The Morgan fingerprint density at radius 1 is 1.38 bits per heavy atom. The number of nitrogens with zero attached hydrogens (tertiary/aromatic N) is 1. The number of amides is 1. The van der Waals surface area contributed by atoms with Gasteiger partial charge in [0, 0.05) is 31.7 Å². The SMILES string of the molecule is Cc1cc(CNC(=O)CN2CC(C)NC(C)C2)ccc1F. The quantitative estimate of drug-likeness (QED) is 0.883. The number of halogens is 1. The van der Waals surface area contributed by atoms with Gasteiger partial charge in [-0.05, 0) is 38.0 Å². The average molecular weight is 293 g/mol. The molecule has 2 N–H and O–H groups in total. The summed E-state index contributed by atoms with van der Waals surface area (Å²) in [6.45, 7) is 8.60. The first kappa shape index (κ1) is 15.9. The maximum absolute atomic E-state index is 13.2. The topological polar surface area (TPSA) is 44.4 Å². The third-order valence-corrected chi connectivity index (χ3v) is 3.71. The fourth-order valence-corrected chi connectivity index (χ4v) is 2.85. The van der Waals surface area contributed by atoms with Crippen molar-refractivity contribution in [2.45, 2.75) is 39.4 Å². The smallest absolute Gasteiger partial charge is 0.234 e. The number of benzene rings is 1. The number of rotatable bonds is 4. The van der Waals surface area contributed by atoms with Gasteiger partial charge in [0.25, 0.3) is 0 Å². The highest BCUT2D eigenvalue weighted by Gasteiger charge is 2.22. The van der Waals surface area contributed by atoms with Crippen LogP contribution in [-0.2, 0) is 11.3 Å². The second kappa shape index (κ2) is 7.00. The summed E-state index contributed by atoms with van der Waals surface area (Å²) in [5.41, 5.74) is 1.52. The van der Waals surface area contributed by atoms with Crippen LogP contribution in [0.5, 0.6) is 0 Å². The molecule has 2 rings (SSSR count). The average Bonchev–Trinajstić information content (AvgIpc) is 2.39. The van der Waals surface area contributed by atoms with Gasteiger partial charge in [-0.25, -0.2) is 4.39 Å². The molecule has 0 radical (unpaired) electrons. The van der Waals surface area contributed by atoms with Crippen LogP contribution in [0.15, 0.2) is 18.2 Å². The van der Waals surface area contributed by atoms with Crippen molar-refractivity contribution in [2.24, 2.45) is 0 Å². The molecular weight excluding hydrogens is 269 g/mol. The molecule has 2 unspecified atom stereocenters. The van der Waals surface area contributed by atoms with E-state index in [4.69, 9.17) is 0 Å². The van der Waals surface area contributed by atoms with Gasteiger partial charge in [-0.2, -0.15) is 0 Å². The Morgan fingerprint density at radius 2 is 2.05 bits per heavy atom. The lowest BCUT2D eigenvalue weighted by molar-refractivity contribution is -0.122. The third-order valence-electron chi connectivity index (χ3n) is 3.71. The van der Waals surface area contributed by atoms with Crippen molar-refractivity contribution in [3.63, 3.8) is 0 Å². The van der Waals surface area contributed by atoms with Gasteiger partial charge in [-0.1, -0.05) is 12.1 Å². The zero-order chi connectivity index (χ0) is 15.4. The highest BCUT2D eigenvalue weighted by atomic mass is 19.1. The molecule has 1 aliphatic rings. The van der Waals surface area contributed by atoms with Crippen LogP contribution in [0.25, 0.3) is 0 Å². The summed E-state index contributed by atoms with van der Waals surface area (Å²) < 4.78 is 13.2. The Labute approximate surface area is 125 Å². The molecule has 0 spiro atoms. The number of carbonyl (C=O) groups excluding carboxylic acids is 1. The van der Waals surface area contributed by atoms with Crippen molar-refractivity contribution in [1.82, 2.24) is 15.5 Å². The standard InChI is InChI=1S/C16H24FN3O/c1-11-6-14(4-5-15(11)17)7-18-16(21)10-20-8-12(2)19-13(3)9-20/h4-6,12-13,19H,7-10H2,1-3H3,(H,18,21). The summed E-state index contributed by atoms with van der Waals surface area (Å²) in [5.74, 6) is -0.202. The summed E-state index contributed by atoms with van der Waals surface area (Å²) in [7, 11) is 0. The number of hydrogen-bond donors (Lipinski definition) is 2. The van der Waals surface area contributed by atoms with E-state index in [1.807, 2.05) is 0 Å². The first-order chi connectivity index (χ1) is 9.94. The number of piperazine rings is 1. The Bertz CT molecular complexity index is 496. The summed E-state index contributed by atoms with van der Waals surface area (Å²) in [6.07, 6.45) is 0. The molecule has 1 saturated heterocycles. The lowest BCUT2D eigenvalue weighted by Gasteiger charge is -2.35. The van der Waals surface area contributed by atoms with E-state index in [-0.39, 0.29) is 11.7 Å². The molecule has 116 valence electrons. The van der Waals surface area contributed by atoms with Gasteiger partial charge in [0.05, 0.1) is 6.54 Å². The predicted octanol–water partition coefficient (Wildman–Crippen LogP) is 1.43. The molecule has 1 aromatic carbocycles. The van der Waals surface area contributed by atoms with Gasteiger partial charge < -0.3 is 10.6 Å². The zero-order valence-corrected chi connectivity index (χ0v) is 12.9. The van der Waals surface area contributed by atoms with Crippen LogP contribution in [0.3, 0.4) is 0 Å². The Hall–Kier alpha value is -1.46. The van der Waals surface area contributed by atoms with E-state index in [1.54, 1.807) is 19.1 Å². The van der Waals surface area contributed by atoms with Gasteiger partial charge >= 0.3 is 0 Å². The molecule has 0 saturated carbocycles. The van der Waals surface area contributed by atoms with Crippen molar-refractivity contribution < 1.29 is 9.18 Å². The fraction of sp³-hybridized carbons (Fsp3) is 0.562. The van der Waals surface area contributed by atoms with Crippen LogP contribution in [0, 0.1) is 12.7 Å². The lowest BCUT2D eigenvalue weighted by atomic mass is 10.1. The molecule has 1 aromatic rings. The Kier molecular flexibility index (Phi) is 5.31. The number of aryl methyl sites for hydroxylation is 1. The van der Waals surface area contributed by atoms with E-state index in [0.717, 1.165) is 18.7 Å². The van der Waals surface area contributed by atoms with Crippen molar-refractivity contribution >= 4 is 5.91 Å². The predicted molar refractivity (Wildman–Crippen MR) is 81.5 cm³/mol. The highest BCUT2D eigenvalue weighted by molar-refractivity contribution is 5.78. The van der Waals surface area contributed by atoms with E-state index in [1.165, 1.54) is 6.07 Å². The van der Waals surface area contributed by atoms with Gasteiger partial charge in [-0.3, -0.25) is 9.69 Å². The Morgan fingerprint density at radius 3 is 2.67 bits per heavy atom. The van der Waals surface area contributed by atoms with Crippen molar-refractivity contribution in [3.05, 3.63) is 35.1 Å². The number of hydrogen-bond acceptors (Lipinski definition) is 3. The molecule has 1 aliphatic heterocycles. The molecule has 1 fully saturated rings. The minimum atomic E-state index is -0.214. The molecule has 4 nitrogen and oxygen atoms in total. The largest absolute Gasteiger partial charge is 0.351 e. The highest BCUT2D eigenvalue weighted by Crippen LogP contribution is 2.09. The number of nitrogens with one attached hydrogen (secondary N) is 2. The monoisotopic (exact) mass is 293 g/mol. The van der Waals surface area contributed by atoms with Gasteiger partial charge in [-0.15, -0.1) is 0 Å². The molecule has 1 amide bonds. The summed E-state index contributed by atoms with van der Waals surface area (Å²) in [4.78, 5) is 14.2. The second-order valence-corrected chi connectivity index (χ2v) is 6.02. The van der Waals surface area contributed by atoms with Crippen molar-refractivity contribution in [2.75, 3.05) is 19.6 Å². The summed E-state index contributed by atoms with van der Waals surface area (Å²) in [6, 6.07) is 5.72. The minimum absolute atomic E-state index is 0.0123. The second-order valence-electron chi connectivity index (χ2n) is 6.02. The zero-order valence-electron chi connectivity index (χ0n) is 12.9. The Balaban J connectivity index is 1.80. The van der Waals surface area contributed by atoms with Crippen LogP contribution < -0.4 is 10.6 Å². The molecule has 21 heavy (non-hydrogen) atoms. The maximum atomic E-state index is 13.2. The van der Waals surface area contributed by atoms with E-state index in [2.05, 4.69) is 29.4 Å². The van der Waals surface area contributed by atoms with E-state index < -0.39 is 0 Å². The molecule has 2 atom stereocenters. The molecule has 1 heterocycles. The van der Waals surface area contributed by atoms with Crippen LogP contribution >= 0.6 is 0 Å². The van der Waals surface area contributed by atoms with Crippen molar-refractivity contribution in [1.29, 1.82) is 0 Å². The van der Waals surface area contributed by atoms with E-state index in [0.29, 0.717) is 30.7 Å².